The molecule has 0 aliphatic rings. The number of hydrogen-bond acceptors (Lipinski definition) is 4. The van der Waals surface area contributed by atoms with Gasteiger partial charge in [-0.1, -0.05) is 11.6 Å². The second-order valence-electron chi connectivity index (χ2n) is 5.51. The number of halogens is 2. The van der Waals surface area contributed by atoms with Gasteiger partial charge in [-0.2, -0.15) is 0 Å². The van der Waals surface area contributed by atoms with Gasteiger partial charge in [0.2, 0.25) is 10.0 Å². The van der Waals surface area contributed by atoms with Crippen LogP contribution in [0.5, 0.6) is 11.5 Å². The van der Waals surface area contributed by atoms with Crippen molar-refractivity contribution in [1.29, 1.82) is 0 Å². The Balaban J connectivity index is 1.83. The first-order valence-electron chi connectivity index (χ1n) is 7.48. The van der Waals surface area contributed by atoms with Crippen molar-refractivity contribution in [2.24, 2.45) is 0 Å². The zero-order chi connectivity index (χ0) is 18.7. The molecule has 134 valence electrons. The lowest BCUT2D eigenvalue weighted by atomic mass is 10.1. The van der Waals surface area contributed by atoms with Crippen LogP contribution in [0, 0.1) is 5.82 Å². The van der Waals surface area contributed by atoms with E-state index >= 15 is 0 Å². The molecule has 0 unspecified atom stereocenters. The molecule has 1 aromatic heterocycles. The van der Waals surface area contributed by atoms with E-state index in [9.17, 15) is 12.8 Å². The smallest absolute Gasteiger partial charge is 0.230 e. The average molecular weight is 393 g/mol. The summed E-state index contributed by atoms with van der Waals surface area (Å²) in [6.07, 6.45) is 1.04. The van der Waals surface area contributed by atoms with Gasteiger partial charge in [-0.25, -0.2) is 17.8 Å². The number of pyridine rings is 1. The van der Waals surface area contributed by atoms with Crippen molar-refractivity contribution in [1.82, 2.24) is 4.98 Å². The molecule has 0 saturated carbocycles. The molecule has 5 nitrogen and oxygen atoms in total. The van der Waals surface area contributed by atoms with Crippen molar-refractivity contribution in [2.75, 3.05) is 11.0 Å². The number of sulfonamides is 1. The van der Waals surface area contributed by atoms with E-state index in [4.69, 9.17) is 16.3 Å². The zero-order valence-corrected chi connectivity index (χ0v) is 15.2. The third-order valence-corrected chi connectivity index (χ3v) is 4.08. The SMILES string of the molecule is CS(=O)(=O)Nc1cc(Cl)cc(-c2ccc(Oc3ccc(F)cc3)cc2)n1. The van der Waals surface area contributed by atoms with E-state index < -0.39 is 10.0 Å². The molecule has 1 N–H and O–H groups in total. The molecule has 0 bridgehead atoms. The summed E-state index contributed by atoms with van der Waals surface area (Å²) >= 11 is 6.05. The molecular formula is C18H14ClFN2O3S. The van der Waals surface area contributed by atoms with Crippen LogP contribution in [-0.2, 0) is 10.0 Å². The Labute approximate surface area is 155 Å². The highest BCUT2D eigenvalue weighted by Gasteiger charge is 2.08. The largest absolute Gasteiger partial charge is 0.457 e. The Hall–Kier alpha value is -2.64. The Morgan fingerprint density at radius 2 is 1.58 bits per heavy atom. The first-order valence-corrected chi connectivity index (χ1v) is 9.75. The summed E-state index contributed by atoms with van der Waals surface area (Å²) in [6.45, 7) is 0. The van der Waals surface area contributed by atoms with Gasteiger partial charge in [0.15, 0.2) is 0 Å². The molecule has 0 saturated heterocycles. The van der Waals surface area contributed by atoms with Crippen molar-refractivity contribution in [3.8, 4) is 22.8 Å². The summed E-state index contributed by atoms with van der Waals surface area (Å²) in [7, 11) is -3.46. The minimum atomic E-state index is -3.46. The molecular weight excluding hydrogens is 379 g/mol. The van der Waals surface area contributed by atoms with Crippen LogP contribution >= 0.6 is 11.6 Å². The summed E-state index contributed by atoms with van der Waals surface area (Å²) in [5, 5.41) is 0.354. The van der Waals surface area contributed by atoms with Gasteiger partial charge in [0.25, 0.3) is 0 Å². The molecule has 0 amide bonds. The van der Waals surface area contributed by atoms with E-state index in [0.717, 1.165) is 11.8 Å². The van der Waals surface area contributed by atoms with Crippen molar-refractivity contribution >= 4 is 27.4 Å². The van der Waals surface area contributed by atoms with Gasteiger partial charge in [0, 0.05) is 16.7 Å². The maximum atomic E-state index is 12.9. The van der Waals surface area contributed by atoms with E-state index in [1.165, 1.54) is 30.3 Å². The van der Waals surface area contributed by atoms with Crippen LogP contribution in [0.3, 0.4) is 0 Å². The number of benzene rings is 2. The van der Waals surface area contributed by atoms with Crippen LogP contribution in [-0.4, -0.2) is 19.7 Å². The van der Waals surface area contributed by atoms with Crippen LogP contribution in [0.15, 0.2) is 60.7 Å². The van der Waals surface area contributed by atoms with Gasteiger partial charge in [-0.05, 0) is 54.6 Å². The van der Waals surface area contributed by atoms with Crippen LogP contribution in [0.1, 0.15) is 0 Å². The maximum Gasteiger partial charge on any atom is 0.230 e. The van der Waals surface area contributed by atoms with E-state index in [0.29, 0.717) is 22.2 Å². The number of hydrogen-bond donors (Lipinski definition) is 1. The third-order valence-electron chi connectivity index (χ3n) is 3.28. The van der Waals surface area contributed by atoms with Crippen molar-refractivity contribution in [3.63, 3.8) is 0 Å². The fourth-order valence-electron chi connectivity index (χ4n) is 2.22. The van der Waals surface area contributed by atoms with Gasteiger partial charge >= 0.3 is 0 Å². The first-order chi connectivity index (χ1) is 12.3. The first kappa shape index (κ1) is 18.2. The second kappa shape index (κ2) is 7.31. The van der Waals surface area contributed by atoms with E-state index in [1.807, 2.05) is 0 Å². The number of nitrogens with zero attached hydrogens (tertiary/aromatic N) is 1. The highest BCUT2D eigenvalue weighted by atomic mass is 35.5. The van der Waals surface area contributed by atoms with Gasteiger partial charge in [-0.3, -0.25) is 4.72 Å². The third kappa shape index (κ3) is 4.93. The van der Waals surface area contributed by atoms with Gasteiger partial charge in [-0.15, -0.1) is 0 Å². The van der Waals surface area contributed by atoms with Gasteiger partial charge in [0.1, 0.15) is 23.1 Å². The zero-order valence-electron chi connectivity index (χ0n) is 13.6. The van der Waals surface area contributed by atoms with E-state index in [1.54, 1.807) is 30.3 Å². The molecule has 0 atom stereocenters. The fraction of sp³-hybridized carbons (Fsp3) is 0.0556. The Morgan fingerprint density at radius 3 is 2.15 bits per heavy atom. The molecule has 0 fully saturated rings. The van der Waals surface area contributed by atoms with Crippen LogP contribution in [0.2, 0.25) is 5.02 Å². The molecule has 0 radical (unpaired) electrons. The molecule has 3 rings (SSSR count). The van der Waals surface area contributed by atoms with Crippen molar-refractivity contribution < 1.29 is 17.5 Å². The van der Waals surface area contributed by atoms with Gasteiger partial charge in [0.05, 0.1) is 11.9 Å². The summed E-state index contributed by atoms with van der Waals surface area (Å²) in [5.41, 5.74) is 1.24. The predicted molar refractivity (Wildman–Crippen MR) is 99.6 cm³/mol. The van der Waals surface area contributed by atoms with Gasteiger partial charge < -0.3 is 4.74 Å². The second-order valence-corrected chi connectivity index (χ2v) is 7.70. The summed E-state index contributed by atoms with van der Waals surface area (Å²) in [5.74, 6) is 0.886. The van der Waals surface area contributed by atoms with E-state index in [-0.39, 0.29) is 11.6 Å². The normalized spacial score (nSPS) is 11.2. The Kier molecular flexibility index (Phi) is 5.11. The molecule has 0 spiro atoms. The standard InChI is InChI=1S/C18H14ClFN2O3S/c1-26(23,24)22-18-11-13(19)10-17(21-18)12-2-6-15(7-3-12)25-16-8-4-14(20)5-9-16/h2-11H,1H3,(H,21,22). The highest BCUT2D eigenvalue weighted by molar-refractivity contribution is 7.92. The Bertz CT molecular complexity index is 1020. The number of aromatic nitrogens is 1. The summed E-state index contributed by atoms with van der Waals surface area (Å²) in [6, 6.07) is 15.7. The number of rotatable bonds is 5. The maximum absolute atomic E-state index is 12.9. The average Bonchev–Trinajstić information content (AvgIpc) is 2.55. The fourth-order valence-corrected chi connectivity index (χ4v) is 2.91. The van der Waals surface area contributed by atoms with Crippen molar-refractivity contribution in [3.05, 3.63) is 71.5 Å². The molecule has 1 heterocycles. The number of anilines is 1. The molecule has 26 heavy (non-hydrogen) atoms. The van der Waals surface area contributed by atoms with Crippen LogP contribution < -0.4 is 9.46 Å². The Morgan fingerprint density at radius 1 is 1.00 bits per heavy atom. The monoisotopic (exact) mass is 392 g/mol. The lowest BCUT2D eigenvalue weighted by Gasteiger charge is -2.09. The van der Waals surface area contributed by atoms with Crippen molar-refractivity contribution in [2.45, 2.75) is 0 Å². The lowest BCUT2D eigenvalue weighted by Crippen LogP contribution is -2.11. The molecule has 2 aromatic carbocycles. The predicted octanol–water partition coefficient (Wildman–Crippen LogP) is 4.70. The summed E-state index contributed by atoms with van der Waals surface area (Å²) in [4.78, 5) is 4.26. The quantitative estimate of drug-likeness (QED) is 0.683. The molecule has 0 aliphatic heterocycles. The van der Waals surface area contributed by atoms with Crippen LogP contribution in [0.4, 0.5) is 10.2 Å². The number of ether oxygens (including phenoxy) is 1. The summed E-state index contributed by atoms with van der Waals surface area (Å²) < 4.78 is 43.6. The minimum Gasteiger partial charge on any atom is -0.457 e. The highest BCUT2D eigenvalue weighted by Crippen LogP contribution is 2.28. The minimum absolute atomic E-state index is 0.140. The molecule has 0 aliphatic carbocycles. The van der Waals surface area contributed by atoms with E-state index in [2.05, 4.69) is 9.71 Å². The lowest BCUT2D eigenvalue weighted by molar-refractivity contribution is 0.480. The molecule has 3 aromatic rings. The molecule has 8 heteroatoms. The topological polar surface area (TPSA) is 68.3 Å². The number of nitrogens with one attached hydrogen (secondary N) is 1. The van der Waals surface area contributed by atoms with Crippen LogP contribution in [0.25, 0.3) is 11.3 Å².